The molecule has 0 atom stereocenters. The van der Waals surface area contributed by atoms with Crippen LogP contribution in [0.15, 0.2) is 76.1 Å². The summed E-state index contributed by atoms with van der Waals surface area (Å²) in [7, 11) is 0. The van der Waals surface area contributed by atoms with Gasteiger partial charge in [-0.15, -0.1) is 0 Å². The van der Waals surface area contributed by atoms with E-state index in [-0.39, 0.29) is 5.02 Å². The van der Waals surface area contributed by atoms with E-state index in [0.29, 0.717) is 22.6 Å². The molecule has 5 heteroatoms. The molecule has 0 unspecified atom stereocenters. The highest BCUT2D eigenvalue weighted by Crippen LogP contribution is 2.31. The Kier molecular flexibility index (Phi) is 4.04. The van der Waals surface area contributed by atoms with Crippen molar-refractivity contribution in [2.24, 2.45) is 4.99 Å². The van der Waals surface area contributed by atoms with Crippen molar-refractivity contribution in [3.63, 3.8) is 0 Å². The topological polar surface area (TPSA) is 38.4 Å². The number of rotatable bonds is 3. The number of aliphatic imine (C=N–C) groups is 1. The van der Waals surface area contributed by atoms with Crippen molar-refractivity contribution in [2.75, 3.05) is 0 Å². The van der Waals surface area contributed by atoms with Gasteiger partial charge in [-0.1, -0.05) is 41.9 Å². The van der Waals surface area contributed by atoms with Crippen LogP contribution in [-0.4, -0.2) is 11.2 Å². The fourth-order valence-electron chi connectivity index (χ4n) is 2.46. The number of nitrogens with zero attached hydrogens (tertiary/aromatic N) is 2. The van der Waals surface area contributed by atoms with E-state index in [4.69, 9.17) is 16.0 Å². The van der Waals surface area contributed by atoms with Crippen LogP contribution in [0.5, 0.6) is 0 Å². The minimum atomic E-state index is -0.401. The Balaban J connectivity index is 1.69. The predicted octanol–water partition coefficient (Wildman–Crippen LogP) is 6.04. The van der Waals surface area contributed by atoms with E-state index in [1.807, 2.05) is 42.5 Å². The van der Waals surface area contributed by atoms with Crippen LogP contribution >= 0.6 is 11.6 Å². The quantitative estimate of drug-likeness (QED) is 0.422. The summed E-state index contributed by atoms with van der Waals surface area (Å²) in [5.74, 6) is -0.0495. The number of halogens is 2. The molecule has 122 valence electrons. The molecule has 25 heavy (non-hydrogen) atoms. The summed E-state index contributed by atoms with van der Waals surface area (Å²) in [5, 5.41) is 0.258. The lowest BCUT2D eigenvalue weighted by molar-refractivity contribution is 0.616. The van der Waals surface area contributed by atoms with Crippen molar-refractivity contribution in [3.05, 3.63) is 83.1 Å². The molecular weight excluding hydrogens is 339 g/mol. The van der Waals surface area contributed by atoms with Crippen LogP contribution in [0, 0.1) is 5.82 Å². The third kappa shape index (κ3) is 3.30. The molecule has 0 bridgehead atoms. The highest BCUT2D eigenvalue weighted by Gasteiger charge is 2.12. The van der Waals surface area contributed by atoms with Gasteiger partial charge >= 0.3 is 0 Å². The lowest BCUT2D eigenvalue weighted by Gasteiger charge is -1.98. The van der Waals surface area contributed by atoms with Gasteiger partial charge in [0, 0.05) is 6.21 Å². The zero-order valence-electron chi connectivity index (χ0n) is 13.0. The van der Waals surface area contributed by atoms with Crippen LogP contribution in [-0.2, 0) is 0 Å². The Morgan fingerprint density at radius 2 is 1.84 bits per heavy atom. The fourth-order valence-corrected chi connectivity index (χ4v) is 2.71. The van der Waals surface area contributed by atoms with Crippen LogP contribution in [0.25, 0.3) is 22.6 Å². The Labute approximate surface area is 148 Å². The van der Waals surface area contributed by atoms with Crippen molar-refractivity contribution in [3.8, 4) is 11.5 Å². The van der Waals surface area contributed by atoms with Crippen LogP contribution in [0.2, 0.25) is 5.02 Å². The summed E-state index contributed by atoms with van der Waals surface area (Å²) in [6, 6.07) is 19.4. The Hall–Kier alpha value is -2.98. The predicted molar refractivity (Wildman–Crippen MR) is 98.1 cm³/mol. The normalized spacial score (nSPS) is 11.4. The summed E-state index contributed by atoms with van der Waals surface area (Å²) < 4.78 is 18.9. The van der Waals surface area contributed by atoms with Gasteiger partial charge in [-0.2, -0.15) is 0 Å². The maximum atomic E-state index is 13.2. The Bertz CT molecular complexity index is 1070. The average molecular weight is 351 g/mol. The Morgan fingerprint density at radius 3 is 2.64 bits per heavy atom. The van der Waals surface area contributed by atoms with E-state index < -0.39 is 5.82 Å². The maximum absolute atomic E-state index is 13.2. The number of benzene rings is 3. The molecule has 3 nitrogen and oxygen atoms in total. The summed E-state index contributed by atoms with van der Waals surface area (Å²) >= 11 is 6.08. The van der Waals surface area contributed by atoms with Gasteiger partial charge in [0.25, 0.3) is 0 Å². The van der Waals surface area contributed by atoms with Crippen molar-refractivity contribution >= 4 is 34.6 Å². The van der Waals surface area contributed by atoms with Crippen LogP contribution in [0.1, 0.15) is 5.56 Å². The van der Waals surface area contributed by atoms with E-state index in [1.165, 1.54) is 12.1 Å². The molecule has 0 aliphatic rings. The first kappa shape index (κ1) is 15.5. The fraction of sp³-hybridized carbons (Fsp3) is 0. The van der Waals surface area contributed by atoms with Gasteiger partial charge in [0.05, 0.1) is 16.3 Å². The number of hydrogen-bond acceptors (Lipinski definition) is 3. The molecule has 0 radical (unpaired) electrons. The third-order valence-corrected chi connectivity index (χ3v) is 4.01. The van der Waals surface area contributed by atoms with E-state index in [2.05, 4.69) is 9.98 Å². The first-order valence-corrected chi connectivity index (χ1v) is 8.02. The summed E-state index contributed by atoms with van der Waals surface area (Å²) in [4.78, 5) is 8.90. The lowest BCUT2D eigenvalue weighted by Crippen LogP contribution is -1.81. The third-order valence-electron chi connectivity index (χ3n) is 3.69. The second-order valence-electron chi connectivity index (χ2n) is 5.46. The summed E-state index contributed by atoms with van der Waals surface area (Å²) in [5.41, 5.74) is 3.61. The molecule has 0 amide bonds. The smallest absolute Gasteiger partial charge is 0.228 e. The highest BCUT2D eigenvalue weighted by atomic mass is 35.5. The summed E-state index contributed by atoms with van der Waals surface area (Å²) in [6.07, 6.45) is 1.79. The number of oxazole rings is 1. The molecule has 0 spiro atoms. The largest absolute Gasteiger partial charge is 0.436 e. The SMILES string of the molecule is Fc1ccc(-c2nc3cc(N=Cc4ccccc4)ccc3o2)c(Cl)c1. The second kappa shape index (κ2) is 6.49. The molecule has 4 aromatic rings. The number of fused-ring (bicyclic) bond motifs is 1. The number of hydrogen-bond donors (Lipinski definition) is 0. The zero-order chi connectivity index (χ0) is 17.2. The molecule has 0 aliphatic heterocycles. The Morgan fingerprint density at radius 1 is 1.00 bits per heavy atom. The van der Waals surface area contributed by atoms with Crippen LogP contribution in [0.4, 0.5) is 10.1 Å². The molecule has 0 aliphatic carbocycles. The van der Waals surface area contributed by atoms with Gasteiger partial charge in [0.1, 0.15) is 11.3 Å². The summed E-state index contributed by atoms with van der Waals surface area (Å²) in [6.45, 7) is 0. The molecule has 4 rings (SSSR count). The van der Waals surface area contributed by atoms with Gasteiger partial charge in [-0.05, 0) is 42.0 Å². The molecule has 0 saturated carbocycles. The van der Waals surface area contributed by atoms with Crippen molar-refractivity contribution in [1.29, 1.82) is 0 Å². The van der Waals surface area contributed by atoms with Gasteiger partial charge < -0.3 is 4.42 Å². The molecule has 0 fully saturated rings. The number of aromatic nitrogens is 1. The molecule has 1 aromatic heterocycles. The van der Waals surface area contributed by atoms with Crippen LogP contribution in [0.3, 0.4) is 0 Å². The molecule has 1 heterocycles. The molecule has 3 aromatic carbocycles. The van der Waals surface area contributed by atoms with Gasteiger partial charge in [0.2, 0.25) is 5.89 Å². The van der Waals surface area contributed by atoms with Gasteiger partial charge in [-0.25, -0.2) is 9.37 Å². The van der Waals surface area contributed by atoms with E-state index >= 15 is 0 Å². The molecule has 0 N–H and O–H groups in total. The first-order valence-electron chi connectivity index (χ1n) is 7.64. The van der Waals surface area contributed by atoms with Gasteiger partial charge in [-0.3, -0.25) is 4.99 Å². The monoisotopic (exact) mass is 350 g/mol. The average Bonchev–Trinajstić information content (AvgIpc) is 3.03. The van der Waals surface area contributed by atoms with Crippen molar-refractivity contribution < 1.29 is 8.81 Å². The maximum Gasteiger partial charge on any atom is 0.228 e. The van der Waals surface area contributed by atoms with Crippen LogP contribution < -0.4 is 0 Å². The first-order chi connectivity index (χ1) is 12.2. The van der Waals surface area contributed by atoms with E-state index in [1.54, 1.807) is 18.3 Å². The zero-order valence-corrected chi connectivity index (χ0v) is 13.7. The van der Waals surface area contributed by atoms with Crippen molar-refractivity contribution in [1.82, 2.24) is 4.98 Å². The van der Waals surface area contributed by atoms with Gasteiger partial charge in [0.15, 0.2) is 5.58 Å². The minimum Gasteiger partial charge on any atom is -0.436 e. The van der Waals surface area contributed by atoms with Crippen molar-refractivity contribution in [2.45, 2.75) is 0 Å². The van der Waals surface area contributed by atoms with E-state index in [9.17, 15) is 4.39 Å². The molecule has 0 saturated heterocycles. The highest BCUT2D eigenvalue weighted by molar-refractivity contribution is 6.33. The standard InChI is InChI=1S/C20H12ClFN2O/c21-17-10-14(22)6-8-16(17)20-24-18-11-15(7-9-19(18)25-20)23-12-13-4-2-1-3-5-13/h1-12H. The second-order valence-corrected chi connectivity index (χ2v) is 5.87. The van der Waals surface area contributed by atoms with E-state index in [0.717, 1.165) is 11.3 Å². The lowest BCUT2D eigenvalue weighted by atomic mass is 10.2. The minimum absolute atomic E-state index is 0.258. The molecular formula is C20H12ClFN2O.